The molecule has 0 unspecified atom stereocenters. The SMILES string of the molecule is CCCCN(C)C(=O)c1ccc2c(c1)ncn2C(C)C. The lowest BCUT2D eigenvalue weighted by atomic mass is 10.1. The highest BCUT2D eigenvalue weighted by Crippen LogP contribution is 2.19. The number of unbranched alkanes of at least 4 members (excludes halogenated alkanes) is 1. The van der Waals surface area contributed by atoms with Crippen LogP contribution in [0.4, 0.5) is 0 Å². The van der Waals surface area contributed by atoms with Gasteiger partial charge >= 0.3 is 0 Å². The maximum absolute atomic E-state index is 12.3. The summed E-state index contributed by atoms with van der Waals surface area (Å²) in [4.78, 5) is 18.5. The average Bonchev–Trinajstić information content (AvgIpc) is 2.86. The summed E-state index contributed by atoms with van der Waals surface area (Å²) in [5.41, 5.74) is 2.67. The van der Waals surface area contributed by atoms with Gasteiger partial charge in [0, 0.05) is 25.2 Å². The zero-order valence-corrected chi connectivity index (χ0v) is 12.8. The van der Waals surface area contributed by atoms with Gasteiger partial charge in [-0.05, 0) is 38.5 Å². The molecule has 0 spiro atoms. The molecule has 1 aromatic heterocycles. The summed E-state index contributed by atoms with van der Waals surface area (Å²) in [7, 11) is 1.86. The van der Waals surface area contributed by atoms with Crippen LogP contribution in [0.15, 0.2) is 24.5 Å². The van der Waals surface area contributed by atoms with E-state index in [1.54, 1.807) is 4.90 Å². The Kier molecular flexibility index (Phi) is 4.42. The molecule has 2 rings (SSSR count). The molecule has 0 atom stereocenters. The van der Waals surface area contributed by atoms with E-state index in [-0.39, 0.29) is 5.91 Å². The maximum atomic E-state index is 12.3. The predicted molar refractivity (Wildman–Crippen MR) is 82.0 cm³/mol. The minimum absolute atomic E-state index is 0.0689. The topological polar surface area (TPSA) is 38.1 Å². The molecule has 0 aliphatic heterocycles. The molecule has 1 aromatic carbocycles. The molecule has 0 aliphatic carbocycles. The largest absolute Gasteiger partial charge is 0.342 e. The number of fused-ring (bicyclic) bond motifs is 1. The molecule has 108 valence electrons. The van der Waals surface area contributed by atoms with Crippen molar-refractivity contribution < 1.29 is 4.79 Å². The zero-order valence-electron chi connectivity index (χ0n) is 12.8. The third-order valence-corrected chi connectivity index (χ3v) is 3.57. The van der Waals surface area contributed by atoms with Gasteiger partial charge < -0.3 is 9.47 Å². The Morgan fingerprint density at radius 2 is 2.15 bits per heavy atom. The molecule has 0 bridgehead atoms. The van der Waals surface area contributed by atoms with E-state index in [4.69, 9.17) is 0 Å². The molecular weight excluding hydrogens is 250 g/mol. The van der Waals surface area contributed by atoms with Crippen LogP contribution in [0.2, 0.25) is 0 Å². The Balaban J connectivity index is 2.26. The normalized spacial score (nSPS) is 11.2. The highest BCUT2D eigenvalue weighted by atomic mass is 16.2. The summed E-state index contributed by atoms with van der Waals surface area (Å²) in [6, 6.07) is 6.14. The number of benzene rings is 1. The molecule has 0 radical (unpaired) electrons. The molecule has 0 fully saturated rings. The van der Waals surface area contributed by atoms with E-state index >= 15 is 0 Å². The summed E-state index contributed by atoms with van der Waals surface area (Å²) >= 11 is 0. The smallest absolute Gasteiger partial charge is 0.253 e. The Morgan fingerprint density at radius 3 is 2.80 bits per heavy atom. The van der Waals surface area contributed by atoms with Crippen molar-refractivity contribution in [2.45, 2.75) is 39.7 Å². The number of hydrogen-bond acceptors (Lipinski definition) is 2. The summed E-state index contributed by atoms with van der Waals surface area (Å²) in [6.45, 7) is 7.17. The first-order valence-electron chi connectivity index (χ1n) is 7.26. The molecule has 1 heterocycles. The number of carbonyl (C=O) groups is 1. The van der Waals surface area contributed by atoms with Crippen molar-refractivity contribution in [1.82, 2.24) is 14.5 Å². The van der Waals surface area contributed by atoms with Crippen LogP contribution in [0.1, 0.15) is 50.0 Å². The number of carbonyl (C=O) groups excluding carboxylic acids is 1. The van der Waals surface area contributed by atoms with Crippen LogP contribution in [0.25, 0.3) is 11.0 Å². The lowest BCUT2D eigenvalue weighted by molar-refractivity contribution is 0.0793. The Bertz CT molecular complexity index is 601. The Labute approximate surface area is 120 Å². The molecule has 4 nitrogen and oxygen atoms in total. The fourth-order valence-corrected chi connectivity index (χ4v) is 2.29. The Morgan fingerprint density at radius 1 is 1.40 bits per heavy atom. The number of hydrogen-bond donors (Lipinski definition) is 0. The molecule has 0 saturated carbocycles. The predicted octanol–water partition coefficient (Wildman–Crippen LogP) is 3.49. The lowest BCUT2D eigenvalue weighted by Gasteiger charge is -2.16. The number of aromatic nitrogens is 2. The second-order valence-electron chi connectivity index (χ2n) is 5.53. The lowest BCUT2D eigenvalue weighted by Crippen LogP contribution is -2.27. The number of imidazole rings is 1. The van der Waals surface area contributed by atoms with Crippen LogP contribution in [-0.4, -0.2) is 34.0 Å². The van der Waals surface area contributed by atoms with E-state index in [9.17, 15) is 4.79 Å². The van der Waals surface area contributed by atoms with Crippen LogP contribution in [0.3, 0.4) is 0 Å². The van der Waals surface area contributed by atoms with Crippen molar-refractivity contribution in [2.75, 3.05) is 13.6 Å². The summed E-state index contributed by atoms with van der Waals surface area (Å²) in [6.07, 6.45) is 3.96. The van der Waals surface area contributed by atoms with Crippen molar-refractivity contribution in [3.63, 3.8) is 0 Å². The van der Waals surface area contributed by atoms with Crippen LogP contribution in [-0.2, 0) is 0 Å². The second-order valence-corrected chi connectivity index (χ2v) is 5.53. The first kappa shape index (κ1) is 14.6. The summed E-state index contributed by atoms with van der Waals surface area (Å²) in [5, 5.41) is 0. The van der Waals surface area contributed by atoms with Crippen molar-refractivity contribution in [1.29, 1.82) is 0 Å². The number of rotatable bonds is 5. The third-order valence-electron chi connectivity index (χ3n) is 3.57. The summed E-state index contributed by atoms with van der Waals surface area (Å²) < 4.78 is 2.12. The van der Waals surface area contributed by atoms with Gasteiger partial charge in [-0.2, -0.15) is 0 Å². The van der Waals surface area contributed by atoms with Crippen molar-refractivity contribution >= 4 is 16.9 Å². The van der Waals surface area contributed by atoms with Gasteiger partial charge in [-0.1, -0.05) is 13.3 Å². The molecule has 2 aromatic rings. The third kappa shape index (κ3) is 2.84. The Hall–Kier alpha value is -1.84. The quantitative estimate of drug-likeness (QED) is 0.836. The van der Waals surface area contributed by atoms with Crippen LogP contribution < -0.4 is 0 Å². The number of nitrogens with zero attached hydrogens (tertiary/aromatic N) is 3. The highest BCUT2D eigenvalue weighted by Gasteiger charge is 2.13. The first-order chi connectivity index (χ1) is 9.54. The molecule has 0 saturated heterocycles. The van der Waals surface area contributed by atoms with Gasteiger partial charge in [-0.25, -0.2) is 4.98 Å². The highest BCUT2D eigenvalue weighted by molar-refractivity contribution is 5.97. The van der Waals surface area contributed by atoms with Gasteiger partial charge in [0.1, 0.15) is 0 Å². The molecule has 20 heavy (non-hydrogen) atoms. The molecule has 4 heteroatoms. The van der Waals surface area contributed by atoms with Crippen LogP contribution >= 0.6 is 0 Å². The molecule has 0 N–H and O–H groups in total. The van der Waals surface area contributed by atoms with E-state index in [2.05, 4.69) is 30.3 Å². The van der Waals surface area contributed by atoms with E-state index in [0.29, 0.717) is 11.6 Å². The van der Waals surface area contributed by atoms with Gasteiger partial charge in [-0.15, -0.1) is 0 Å². The molecule has 1 amide bonds. The molecule has 0 aliphatic rings. The fourth-order valence-electron chi connectivity index (χ4n) is 2.29. The van der Waals surface area contributed by atoms with Crippen molar-refractivity contribution in [3.8, 4) is 0 Å². The van der Waals surface area contributed by atoms with Crippen molar-refractivity contribution in [3.05, 3.63) is 30.1 Å². The van der Waals surface area contributed by atoms with E-state index in [1.807, 2.05) is 31.6 Å². The second kappa shape index (κ2) is 6.07. The fraction of sp³-hybridized carbons (Fsp3) is 0.500. The first-order valence-corrected chi connectivity index (χ1v) is 7.26. The standard InChI is InChI=1S/C16H23N3O/c1-5-6-9-18(4)16(20)13-7-8-15-14(10-13)17-11-19(15)12(2)3/h7-8,10-12H,5-6,9H2,1-4H3. The average molecular weight is 273 g/mol. The van der Waals surface area contributed by atoms with Crippen LogP contribution in [0, 0.1) is 0 Å². The van der Waals surface area contributed by atoms with Gasteiger partial charge in [0.2, 0.25) is 0 Å². The van der Waals surface area contributed by atoms with Gasteiger partial charge in [-0.3, -0.25) is 4.79 Å². The minimum Gasteiger partial charge on any atom is -0.342 e. The van der Waals surface area contributed by atoms with Gasteiger partial charge in [0.25, 0.3) is 5.91 Å². The van der Waals surface area contributed by atoms with E-state index < -0.39 is 0 Å². The number of amides is 1. The van der Waals surface area contributed by atoms with Crippen LogP contribution in [0.5, 0.6) is 0 Å². The van der Waals surface area contributed by atoms with Crippen molar-refractivity contribution in [2.24, 2.45) is 0 Å². The van der Waals surface area contributed by atoms with E-state index in [1.165, 1.54) is 0 Å². The molecular formula is C16H23N3O. The maximum Gasteiger partial charge on any atom is 0.253 e. The summed E-state index contributed by atoms with van der Waals surface area (Å²) in [5.74, 6) is 0.0689. The minimum atomic E-state index is 0.0689. The van der Waals surface area contributed by atoms with E-state index in [0.717, 1.165) is 30.4 Å². The zero-order chi connectivity index (χ0) is 14.7. The van der Waals surface area contributed by atoms with Gasteiger partial charge in [0.15, 0.2) is 0 Å². The monoisotopic (exact) mass is 273 g/mol. The van der Waals surface area contributed by atoms with Gasteiger partial charge in [0.05, 0.1) is 17.4 Å².